The zero-order chi connectivity index (χ0) is 12.7. The second kappa shape index (κ2) is 4.63. The Hall–Kier alpha value is -0.930. The van der Waals surface area contributed by atoms with Gasteiger partial charge in [-0.3, -0.25) is 0 Å². The van der Waals surface area contributed by atoms with E-state index in [1.165, 1.54) is 0 Å². The number of fused-ring (bicyclic) bond motifs is 3. The molecule has 0 bridgehead atoms. The van der Waals surface area contributed by atoms with E-state index in [1.807, 2.05) is 6.07 Å². The van der Waals surface area contributed by atoms with E-state index >= 15 is 0 Å². The van der Waals surface area contributed by atoms with Gasteiger partial charge in [0.2, 0.25) is 0 Å². The lowest BCUT2D eigenvalue weighted by atomic mass is 9.98. The minimum absolute atomic E-state index is 0.489. The third-order valence-electron chi connectivity index (χ3n) is 3.77. The van der Waals surface area contributed by atoms with Crippen LogP contribution in [0.4, 0.5) is 0 Å². The van der Waals surface area contributed by atoms with Gasteiger partial charge in [-0.2, -0.15) is 0 Å². The van der Waals surface area contributed by atoms with Crippen molar-refractivity contribution in [3.05, 3.63) is 22.2 Å². The molecule has 1 aliphatic carbocycles. The molecule has 1 N–H and O–H groups in total. The van der Waals surface area contributed by atoms with Crippen molar-refractivity contribution in [1.82, 2.24) is 0 Å². The second-order valence-corrected chi connectivity index (χ2v) is 5.58. The summed E-state index contributed by atoms with van der Waals surface area (Å²) >= 11 is 6.32. The summed E-state index contributed by atoms with van der Waals surface area (Å²) in [4.78, 5) is 0. The first kappa shape index (κ1) is 12.1. The van der Waals surface area contributed by atoms with Crippen LogP contribution in [0.2, 0.25) is 5.02 Å². The molecule has 1 aromatic carbocycles. The van der Waals surface area contributed by atoms with Crippen molar-refractivity contribution in [3.63, 3.8) is 0 Å². The number of aliphatic hydroxyl groups excluding tert-OH is 1. The van der Waals surface area contributed by atoms with Crippen LogP contribution in [0, 0.1) is 5.92 Å². The molecule has 18 heavy (non-hydrogen) atoms. The first-order valence-corrected chi connectivity index (χ1v) is 6.83. The van der Waals surface area contributed by atoms with Gasteiger partial charge < -0.3 is 14.6 Å². The fraction of sp³-hybridized carbons (Fsp3) is 0.571. The van der Waals surface area contributed by atoms with E-state index in [2.05, 4.69) is 6.92 Å². The molecule has 3 nitrogen and oxygen atoms in total. The molecule has 0 radical (unpaired) electrons. The smallest absolute Gasteiger partial charge is 0.167 e. The predicted octanol–water partition coefficient (Wildman–Crippen LogP) is 3.12. The van der Waals surface area contributed by atoms with Crippen LogP contribution in [0.5, 0.6) is 11.5 Å². The third kappa shape index (κ3) is 1.95. The van der Waals surface area contributed by atoms with Gasteiger partial charge in [0.05, 0.1) is 6.10 Å². The van der Waals surface area contributed by atoms with Gasteiger partial charge in [-0.05, 0) is 30.7 Å². The summed E-state index contributed by atoms with van der Waals surface area (Å²) in [6.45, 7) is 3.23. The fourth-order valence-electron chi connectivity index (χ4n) is 2.83. The molecule has 0 spiro atoms. The van der Waals surface area contributed by atoms with E-state index in [9.17, 15) is 5.11 Å². The molecule has 3 rings (SSSR count). The molecule has 2 unspecified atom stereocenters. The average molecular weight is 269 g/mol. The summed E-state index contributed by atoms with van der Waals surface area (Å²) in [6, 6.07) is 1.82. The van der Waals surface area contributed by atoms with Crippen LogP contribution in [0.1, 0.15) is 37.0 Å². The number of aliphatic hydroxyl groups is 1. The van der Waals surface area contributed by atoms with Crippen molar-refractivity contribution in [3.8, 4) is 11.5 Å². The number of halogens is 1. The summed E-state index contributed by atoms with van der Waals surface area (Å²) in [6.07, 6.45) is 2.18. The Balaban J connectivity index is 2.16. The van der Waals surface area contributed by atoms with Gasteiger partial charge in [-0.15, -0.1) is 0 Å². The van der Waals surface area contributed by atoms with E-state index in [0.29, 0.717) is 35.7 Å². The Kier molecular flexibility index (Phi) is 3.12. The van der Waals surface area contributed by atoms with Crippen LogP contribution in [-0.2, 0) is 6.42 Å². The highest BCUT2D eigenvalue weighted by atomic mass is 35.5. The number of rotatable bonds is 0. The topological polar surface area (TPSA) is 38.7 Å². The maximum atomic E-state index is 10.4. The molecule has 0 saturated carbocycles. The Morgan fingerprint density at radius 1 is 1.33 bits per heavy atom. The molecule has 1 aromatic rings. The highest BCUT2D eigenvalue weighted by Crippen LogP contribution is 2.46. The molecule has 1 heterocycles. The van der Waals surface area contributed by atoms with Crippen molar-refractivity contribution >= 4 is 11.6 Å². The van der Waals surface area contributed by atoms with Gasteiger partial charge in [0.1, 0.15) is 13.2 Å². The molecule has 0 saturated heterocycles. The molecule has 98 valence electrons. The van der Waals surface area contributed by atoms with E-state index < -0.39 is 6.10 Å². The Labute approximate surface area is 112 Å². The molecule has 0 amide bonds. The van der Waals surface area contributed by atoms with Crippen LogP contribution < -0.4 is 9.47 Å². The quantitative estimate of drug-likeness (QED) is 0.735. The molecular weight excluding hydrogens is 252 g/mol. The molecule has 4 heteroatoms. The highest BCUT2D eigenvalue weighted by Gasteiger charge is 2.30. The third-order valence-corrected chi connectivity index (χ3v) is 4.11. The van der Waals surface area contributed by atoms with Gasteiger partial charge >= 0.3 is 0 Å². The summed E-state index contributed by atoms with van der Waals surface area (Å²) < 4.78 is 11.3. The zero-order valence-corrected chi connectivity index (χ0v) is 11.2. The van der Waals surface area contributed by atoms with Crippen molar-refractivity contribution in [1.29, 1.82) is 0 Å². The van der Waals surface area contributed by atoms with E-state index in [4.69, 9.17) is 21.1 Å². The normalized spacial score (nSPS) is 26.4. The SMILES string of the molecule is CC1CCc2c(Cl)cc3c(c2C(O)C1)OCCO3. The first-order valence-electron chi connectivity index (χ1n) is 6.45. The lowest BCUT2D eigenvalue weighted by Gasteiger charge is -2.25. The fourth-order valence-corrected chi connectivity index (χ4v) is 3.13. The predicted molar refractivity (Wildman–Crippen MR) is 69.5 cm³/mol. The summed E-state index contributed by atoms with van der Waals surface area (Å²) in [5, 5.41) is 11.1. The lowest BCUT2D eigenvalue weighted by Crippen LogP contribution is -2.18. The van der Waals surface area contributed by atoms with E-state index in [0.717, 1.165) is 30.4 Å². The van der Waals surface area contributed by atoms with Crippen molar-refractivity contribution < 1.29 is 14.6 Å². The van der Waals surface area contributed by atoms with Crippen LogP contribution in [0.15, 0.2) is 6.07 Å². The number of hydrogen-bond donors (Lipinski definition) is 1. The average Bonchev–Trinajstić information content (AvgIpc) is 2.49. The van der Waals surface area contributed by atoms with Gasteiger partial charge in [0.25, 0.3) is 0 Å². The largest absolute Gasteiger partial charge is 0.486 e. The van der Waals surface area contributed by atoms with E-state index in [1.54, 1.807) is 0 Å². The zero-order valence-electron chi connectivity index (χ0n) is 10.4. The highest BCUT2D eigenvalue weighted by molar-refractivity contribution is 6.31. The molecular formula is C14H17ClO3. The number of hydrogen-bond acceptors (Lipinski definition) is 3. The van der Waals surface area contributed by atoms with E-state index in [-0.39, 0.29) is 0 Å². The lowest BCUT2D eigenvalue weighted by molar-refractivity contribution is 0.131. The summed E-state index contributed by atoms with van der Waals surface area (Å²) in [5.74, 6) is 1.85. The minimum Gasteiger partial charge on any atom is -0.486 e. The number of ether oxygens (including phenoxy) is 2. The van der Waals surface area contributed by atoms with Crippen LogP contribution >= 0.6 is 11.6 Å². The van der Waals surface area contributed by atoms with Crippen LogP contribution in [0.25, 0.3) is 0 Å². The van der Waals surface area contributed by atoms with Crippen molar-refractivity contribution in [2.24, 2.45) is 5.92 Å². The molecule has 1 aliphatic heterocycles. The Morgan fingerprint density at radius 3 is 2.94 bits per heavy atom. The molecule has 0 fully saturated rings. The Bertz CT molecular complexity index is 473. The Morgan fingerprint density at radius 2 is 2.11 bits per heavy atom. The molecule has 0 aromatic heterocycles. The van der Waals surface area contributed by atoms with Gasteiger partial charge in [-0.25, -0.2) is 0 Å². The van der Waals surface area contributed by atoms with Crippen LogP contribution in [0.3, 0.4) is 0 Å². The summed E-state index contributed by atoms with van der Waals surface area (Å²) in [7, 11) is 0. The first-order chi connectivity index (χ1) is 8.66. The maximum absolute atomic E-state index is 10.4. The monoisotopic (exact) mass is 268 g/mol. The minimum atomic E-state index is -0.508. The molecule has 2 aliphatic rings. The van der Waals surface area contributed by atoms with Crippen molar-refractivity contribution in [2.75, 3.05) is 13.2 Å². The maximum Gasteiger partial charge on any atom is 0.167 e. The van der Waals surface area contributed by atoms with Gasteiger partial charge in [0, 0.05) is 16.7 Å². The van der Waals surface area contributed by atoms with Gasteiger partial charge in [0.15, 0.2) is 11.5 Å². The second-order valence-electron chi connectivity index (χ2n) is 5.17. The van der Waals surface area contributed by atoms with Crippen molar-refractivity contribution in [2.45, 2.75) is 32.3 Å². The molecule has 2 atom stereocenters. The van der Waals surface area contributed by atoms with Gasteiger partial charge in [-0.1, -0.05) is 18.5 Å². The number of benzene rings is 1. The summed E-state index contributed by atoms with van der Waals surface area (Å²) in [5.41, 5.74) is 1.87. The standard InChI is InChI=1S/C14H17ClO3/c1-8-2-3-9-10(15)7-12-14(18-5-4-17-12)13(9)11(16)6-8/h7-8,11,16H,2-6H2,1H3. The van der Waals surface area contributed by atoms with Crippen LogP contribution in [-0.4, -0.2) is 18.3 Å².